The van der Waals surface area contributed by atoms with E-state index in [-0.39, 0.29) is 5.82 Å². The Balaban J connectivity index is 1.32. The van der Waals surface area contributed by atoms with Crippen LogP contribution < -0.4 is 0 Å². The summed E-state index contributed by atoms with van der Waals surface area (Å²) in [6, 6.07) is 7.45. The third kappa shape index (κ3) is 6.33. The Kier molecular flexibility index (Phi) is 8.68. The molecular formula is C26H41F. The van der Waals surface area contributed by atoms with Gasteiger partial charge < -0.3 is 0 Å². The Labute approximate surface area is 167 Å². The van der Waals surface area contributed by atoms with E-state index in [2.05, 4.69) is 6.92 Å². The van der Waals surface area contributed by atoms with Crippen LogP contribution in [0.3, 0.4) is 0 Å². The third-order valence-corrected chi connectivity index (χ3v) is 7.64. The topological polar surface area (TPSA) is 0 Å². The van der Waals surface area contributed by atoms with Crippen LogP contribution in [0.5, 0.6) is 0 Å². The fourth-order valence-corrected chi connectivity index (χ4v) is 5.87. The van der Waals surface area contributed by atoms with Crippen molar-refractivity contribution in [3.63, 3.8) is 0 Å². The molecule has 0 radical (unpaired) electrons. The van der Waals surface area contributed by atoms with Crippen LogP contribution in [0.4, 0.5) is 4.39 Å². The minimum Gasteiger partial charge on any atom is -0.207 e. The van der Waals surface area contributed by atoms with E-state index in [4.69, 9.17) is 0 Å². The second kappa shape index (κ2) is 11.2. The molecular weight excluding hydrogens is 331 g/mol. The van der Waals surface area contributed by atoms with Crippen molar-refractivity contribution in [3.8, 4) is 0 Å². The third-order valence-electron chi connectivity index (χ3n) is 7.64. The highest BCUT2D eigenvalue weighted by Crippen LogP contribution is 2.44. The molecule has 0 N–H and O–H groups in total. The van der Waals surface area contributed by atoms with Gasteiger partial charge in [-0.2, -0.15) is 0 Å². The number of benzene rings is 1. The molecule has 2 fully saturated rings. The molecule has 0 saturated heterocycles. The lowest BCUT2D eigenvalue weighted by molar-refractivity contribution is 0.155. The van der Waals surface area contributed by atoms with Gasteiger partial charge in [0.25, 0.3) is 0 Å². The van der Waals surface area contributed by atoms with E-state index in [0.717, 1.165) is 23.3 Å². The van der Waals surface area contributed by atoms with E-state index in [1.165, 1.54) is 96.3 Å². The van der Waals surface area contributed by atoms with Gasteiger partial charge in [-0.25, -0.2) is 4.39 Å². The van der Waals surface area contributed by atoms with Crippen molar-refractivity contribution in [3.05, 3.63) is 35.6 Å². The first kappa shape index (κ1) is 20.9. The van der Waals surface area contributed by atoms with E-state index < -0.39 is 0 Å². The molecule has 2 aliphatic rings. The Bertz CT molecular complexity index is 521. The lowest BCUT2D eigenvalue weighted by Crippen LogP contribution is -2.25. The minimum absolute atomic E-state index is 0.0103. The van der Waals surface area contributed by atoms with Crippen LogP contribution in [0, 0.1) is 23.6 Å². The first-order chi connectivity index (χ1) is 13.3. The molecule has 0 spiro atoms. The molecule has 1 aromatic carbocycles. The average Bonchev–Trinajstić information content (AvgIpc) is 2.72. The summed E-state index contributed by atoms with van der Waals surface area (Å²) in [6.45, 7) is 2.30. The molecule has 0 nitrogen and oxygen atoms in total. The minimum atomic E-state index is 0.0103. The molecule has 3 rings (SSSR count). The van der Waals surface area contributed by atoms with E-state index in [0.29, 0.717) is 5.92 Å². The second-order valence-electron chi connectivity index (χ2n) is 9.47. The average molecular weight is 373 g/mol. The molecule has 1 aromatic rings. The zero-order valence-corrected chi connectivity index (χ0v) is 17.6. The molecule has 152 valence electrons. The van der Waals surface area contributed by atoms with Gasteiger partial charge in [0, 0.05) is 0 Å². The van der Waals surface area contributed by atoms with Gasteiger partial charge in [-0.15, -0.1) is 0 Å². The highest BCUT2D eigenvalue weighted by molar-refractivity contribution is 5.22. The van der Waals surface area contributed by atoms with Crippen molar-refractivity contribution in [1.82, 2.24) is 0 Å². The van der Waals surface area contributed by atoms with Crippen LogP contribution in [-0.4, -0.2) is 0 Å². The molecule has 2 aliphatic carbocycles. The maximum Gasteiger partial charge on any atom is 0.126 e. The summed E-state index contributed by atoms with van der Waals surface area (Å²) in [5, 5.41) is 0. The predicted molar refractivity (Wildman–Crippen MR) is 115 cm³/mol. The van der Waals surface area contributed by atoms with Gasteiger partial charge in [0.05, 0.1) is 0 Å². The Hall–Kier alpha value is -0.850. The predicted octanol–water partition coefficient (Wildman–Crippen LogP) is 8.66. The molecule has 2 saturated carbocycles. The first-order valence-corrected chi connectivity index (χ1v) is 12.0. The van der Waals surface area contributed by atoms with Crippen LogP contribution in [0.2, 0.25) is 0 Å². The summed E-state index contributed by atoms with van der Waals surface area (Å²) in [5.41, 5.74) is 0.971. The van der Waals surface area contributed by atoms with Gasteiger partial charge in [-0.3, -0.25) is 0 Å². The monoisotopic (exact) mass is 372 g/mol. The Morgan fingerprint density at radius 2 is 1.33 bits per heavy atom. The van der Waals surface area contributed by atoms with Gasteiger partial charge in [-0.1, -0.05) is 82.9 Å². The quantitative estimate of drug-likeness (QED) is 0.380. The van der Waals surface area contributed by atoms with E-state index in [1.54, 1.807) is 6.07 Å². The van der Waals surface area contributed by atoms with Crippen LogP contribution >= 0.6 is 0 Å². The Morgan fingerprint density at radius 1 is 0.741 bits per heavy atom. The molecule has 0 heterocycles. The van der Waals surface area contributed by atoms with Crippen molar-refractivity contribution in [2.75, 3.05) is 0 Å². The van der Waals surface area contributed by atoms with Crippen LogP contribution in [0.25, 0.3) is 0 Å². The number of hydrogen-bond acceptors (Lipinski definition) is 0. The largest absolute Gasteiger partial charge is 0.207 e. The van der Waals surface area contributed by atoms with Crippen molar-refractivity contribution >= 4 is 0 Å². The second-order valence-corrected chi connectivity index (χ2v) is 9.47. The molecule has 0 aliphatic heterocycles. The summed E-state index contributed by atoms with van der Waals surface area (Å²) in [4.78, 5) is 0. The van der Waals surface area contributed by atoms with Gasteiger partial charge >= 0.3 is 0 Å². The highest BCUT2D eigenvalue weighted by atomic mass is 19.1. The summed E-state index contributed by atoms with van der Waals surface area (Å²) >= 11 is 0. The number of halogens is 1. The van der Waals surface area contributed by atoms with Crippen molar-refractivity contribution in [1.29, 1.82) is 0 Å². The first-order valence-electron chi connectivity index (χ1n) is 12.0. The molecule has 1 heteroatoms. The fourth-order valence-electron chi connectivity index (χ4n) is 5.87. The molecule has 27 heavy (non-hydrogen) atoms. The zero-order chi connectivity index (χ0) is 18.9. The van der Waals surface area contributed by atoms with Gasteiger partial charge in [0.15, 0.2) is 0 Å². The van der Waals surface area contributed by atoms with Gasteiger partial charge in [0.1, 0.15) is 5.82 Å². The maximum atomic E-state index is 14.1. The number of unbranched alkanes of at least 4 members (excludes halogenated alkanes) is 5. The molecule has 0 aromatic heterocycles. The Morgan fingerprint density at radius 3 is 2.00 bits per heavy atom. The number of hydrogen-bond donors (Lipinski definition) is 0. The van der Waals surface area contributed by atoms with E-state index >= 15 is 0 Å². The van der Waals surface area contributed by atoms with E-state index in [9.17, 15) is 4.39 Å². The summed E-state index contributed by atoms with van der Waals surface area (Å²) in [6.07, 6.45) is 21.0. The molecule has 0 amide bonds. The number of rotatable bonds is 9. The van der Waals surface area contributed by atoms with Crippen LogP contribution in [0.1, 0.15) is 115 Å². The summed E-state index contributed by atoms with van der Waals surface area (Å²) in [5.74, 6) is 3.38. The maximum absolute atomic E-state index is 14.1. The van der Waals surface area contributed by atoms with E-state index in [1.807, 2.05) is 18.2 Å². The standard InChI is InChI=1S/C26H41F/c1-2-3-4-5-6-7-10-21-13-15-22(16-14-21)23-17-19-24(20-18-23)25-11-8-9-12-26(25)27/h8-9,11-12,21-24H,2-7,10,13-20H2,1H3. The van der Waals surface area contributed by atoms with Gasteiger partial charge in [-0.05, 0) is 73.8 Å². The smallest absolute Gasteiger partial charge is 0.126 e. The lowest BCUT2D eigenvalue weighted by atomic mass is 9.68. The van der Waals surface area contributed by atoms with Crippen LogP contribution in [-0.2, 0) is 0 Å². The zero-order valence-electron chi connectivity index (χ0n) is 17.6. The highest BCUT2D eigenvalue weighted by Gasteiger charge is 2.31. The van der Waals surface area contributed by atoms with Crippen molar-refractivity contribution in [2.45, 2.75) is 109 Å². The fraction of sp³-hybridized carbons (Fsp3) is 0.769. The van der Waals surface area contributed by atoms with Gasteiger partial charge in [0.2, 0.25) is 0 Å². The molecule has 0 bridgehead atoms. The van der Waals surface area contributed by atoms with Crippen molar-refractivity contribution in [2.24, 2.45) is 17.8 Å². The summed E-state index contributed by atoms with van der Waals surface area (Å²) < 4.78 is 14.1. The summed E-state index contributed by atoms with van der Waals surface area (Å²) in [7, 11) is 0. The van der Waals surface area contributed by atoms with Crippen molar-refractivity contribution < 1.29 is 4.39 Å². The normalized spacial score (nSPS) is 29.0. The lowest BCUT2D eigenvalue weighted by Gasteiger charge is -2.38. The SMILES string of the molecule is CCCCCCCCC1CCC(C2CCC(c3ccccc3F)CC2)CC1. The molecule has 0 unspecified atom stereocenters. The molecule has 0 atom stereocenters. The van der Waals surface area contributed by atoms with Crippen LogP contribution in [0.15, 0.2) is 24.3 Å².